The molecule has 77 valence electrons. The Labute approximate surface area is 82.7 Å². The van der Waals surface area contributed by atoms with Gasteiger partial charge in [0.25, 0.3) is 0 Å². The lowest BCUT2D eigenvalue weighted by Gasteiger charge is -2.47. The molecule has 1 aliphatic heterocycles. The minimum Gasteiger partial charge on any atom is -0.307 e. The first-order chi connectivity index (χ1) is 5.72. The summed E-state index contributed by atoms with van der Waals surface area (Å²) in [4.78, 5) is 2.27. The third-order valence-corrected chi connectivity index (χ3v) is 2.60. The smallest absolute Gasteiger partial charge is 0.0422 e. The van der Waals surface area contributed by atoms with Crippen molar-refractivity contribution < 1.29 is 0 Å². The van der Waals surface area contributed by atoms with Gasteiger partial charge in [-0.25, -0.2) is 0 Å². The largest absolute Gasteiger partial charge is 0.307 e. The quantitative estimate of drug-likeness (QED) is 0.669. The lowest BCUT2D eigenvalue weighted by atomic mass is 9.79. The maximum atomic E-state index is 3.67. The van der Waals surface area contributed by atoms with Crippen LogP contribution in [-0.4, -0.2) is 30.1 Å². The summed E-state index contributed by atoms with van der Waals surface area (Å²) in [6, 6.07) is 1.55. The van der Waals surface area contributed by atoms with E-state index in [0.29, 0.717) is 0 Å². The first-order valence-electron chi connectivity index (χ1n) is 5.03. The predicted octanol–water partition coefficient (Wildman–Crippen LogP) is 2.02. The number of rotatable bonds is 1. The Morgan fingerprint density at radius 3 is 1.69 bits per heavy atom. The van der Waals surface area contributed by atoms with Crippen molar-refractivity contribution >= 4 is 0 Å². The third kappa shape index (κ3) is 2.96. The molecule has 0 aromatic carbocycles. The normalized spacial score (nSPS) is 27.9. The van der Waals surface area contributed by atoms with Crippen LogP contribution in [0, 0.1) is 6.04 Å². The zero-order chi connectivity index (χ0) is 10.3. The highest BCUT2D eigenvalue weighted by molar-refractivity contribution is 5.08. The van der Waals surface area contributed by atoms with E-state index in [4.69, 9.17) is 0 Å². The lowest BCUT2D eigenvalue weighted by Crippen LogP contribution is -2.58. The highest BCUT2D eigenvalue weighted by Gasteiger charge is 2.38. The van der Waals surface area contributed by atoms with Gasteiger partial charge >= 0.3 is 0 Å². The monoisotopic (exact) mass is 183 g/mol. The first-order valence-corrected chi connectivity index (χ1v) is 5.03. The van der Waals surface area contributed by atoms with Gasteiger partial charge in [0.15, 0.2) is 0 Å². The van der Waals surface area contributed by atoms with E-state index >= 15 is 0 Å². The van der Waals surface area contributed by atoms with Crippen LogP contribution in [0.15, 0.2) is 0 Å². The number of nitrogens with zero attached hydrogens (tertiary/aromatic N) is 1. The average Bonchev–Trinajstić information content (AvgIpc) is 1.79. The van der Waals surface area contributed by atoms with E-state index in [9.17, 15) is 0 Å². The van der Waals surface area contributed by atoms with Crippen molar-refractivity contribution in [3.05, 3.63) is 6.04 Å². The summed E-state index contributed by atoms with van der Waals surface area (Å²) in [5.74, 6) is 0. The van der Waals surface area contributed by atoms with Crippen LogP contribution >= 0.6 is 0 Å². The summed E-state index contributed by atoms with van der Waals surface area (Å²) in [7, 11) is 4.29. The molecule has 2 nitrogen and oxygen atoms in total. The average molecular weight is 183 g/mol. The number of piperidine rings is 1. The fourth-order valence-corrected chi connectivity index (χ4v) is 2.40. The van der Waals surface area contributed by atoms with Crippen molar-refractivity contribution in [1.29, 1.82) is 0 Å². The summed E-state index contributed by atoms with van der Waals surface area (Å²) in [5.41, 5.74) is 0.475. The molecular weight excluding hydrogens is 160 g/mol. The molecule has 0 atom stereocenters. The van der Waals surface area contributed by atoms with Crippen LogP contribution < -0.4 is 5.32 Å². The van der Waals surface area contributed by atoms with E-state index in [2.05, 4.69) is 52.0 Å². The first kappa shape index (κ1) is 11.0. The van der Waals surface area contributed by atoms with E-state index in [1.165, 1.54) is 0 Å². The van der Waals surface area contributed by atoms with Crippen molar-refractivity contribution in [3.8, 4) is 0 Å². The molecule has 1 fully saturated rings. The zero-order valence-corrected chi connectivity index (χ0v) is 9.86. The van der Waals surface area contributed by atoms with Crippen LogP contribution in [0.25, 0.3) is 0 Å². The molecule has 1 heterocycles. The molecule has 1 saturated heterocycles. The molecule has 0 amide bonds. The Bertz CT molecular complexity index is 167. The number of hydrogen-bond donors (Lipinski definition) is 1. The van der Waals surface area contributed by atoms with Gasteiger partial charge in [-0.2, -0.15) is 0 Å². The fraction of sp³-hybridized carbons (Fsp3) is 0.909. The minimum absolute atomic E-state index is 0.237. The predicted molar refractivity (Wildman–Crippen MR) is 57.5 cm³/mol. The Morgan fingerprint density at radius 1 is 1.00 bits per heavy atom. The summed E-state index contributed by atoms with van der Waals surface area (Å²) in [6.45, 7) is 9.10. The van der Waals surface area contributed by atoms with Gasteiger partial charge in [-0.05, 0) is 54.6 Å². The SMILES string of the molecule is CN(C)[C]1CC(C)(C)NC(C)(C)C1. The molecular formula is C11H23N2. The second kappa shape index (κ2) is 3.25. The zero-order valence-electron chi connectivity index (χ0n) is 9.86. The summed E-state index contributed by atoms with van der Waals surface area (Å²) in [5, 5.41) is 3.67. The van der Waals surface area contributed by atoms with Crippen LogP contribution in [0.1, 0.15) is 40.5 Å². The molecule has 0 aromatic rings. The van der Waals surface area contributed by atoms with Gasteiger partial charge in [-0.3, -0.25) is 0 Å². The van der Waals surface area contributed by atoms with E-state index in [1.807, 2.05) is 0 Å². The van der Waals surface area contributed by atoms with Crippen LogP contribution in [0.4, 0.5) is 0 Å². The maximum Gasteiger partial charge on any atom is 0.0422 e. The third-order valence-electron chi connectivity index (χ3n) is 2.60. The topological polar surface area (TPSA) is 15.3 Å². The Kier molecular flexibility index (Phi) is 2.75. The van der Waals surface area contributed by atoms with Gasteiger partial charge in [0.1, 0.15) is 0 Å². The molecule has 0 aromatic heterocycles. The van der Waals surface area contributed by atoms with E-state index < -0.39 is 0 Å². The van der Waals surface area contributed by atoms with Crippen LogP contribution in [-0.2, 0) is 0 Å². The van der Waals surface area contributed by atoms with Crippen molar-refractivity contribution in [1.82, 2.24) is 10.2 Å². The molecule has 1 radical (unpaired) electrons. The standard InChI is InChI=1S/C11H23N2/c1-10(2)7-9(13(5)6)8-11(3,4)12-10/h12H,7-8H2,1-6H3. The molecule has 1 N–H and O–H groups in total. The van der Waals surface area contributed by atoms with E-state index in [-0.39, 0.29) is 11.1 Å². The van der Waals surface area contributed by atoms with Gasteiger partial charge in [-0.15, -0.1) is 0 Å². The van der Waals surface area contributed by atoms with Crippen LogP contribution in [0.2, 0.25) is 0 Å². The Morgan fingerprint density at radius 2 is 1.38 bits per heavy atom. The van der Waals surface area contributed by atoms with Crippen LogP contribution in [0.5, 0.6) is 0 Å². The van der Waals surface area contributed by atoms with E-state index in [0.717, 1.165) is 12.8 Å². The number of nitrogens with one attached hydrogen (secondary N) is 1. The highest BCUT2D eigenvalue weighted by atomic mass is 15.1. The van der Waals surface area contributed by atoms with E-state index in [1.54, 1.807) is 6.04 Å². The second-order valence-electron chi connectivity index (χ2n) is 5.71. The van der Waals surface area contributed by atoms with Gasteiger partial charge in [0, 0.05) is 17.1 Å². The molecule has 1 aliphatic rings. The van der Waals surface area contributed by atoms with Gasteiger partial charge in [0.2, 0.25) is 0 Å². The second-order valence-corrected chi connectivity index (χ2v) is 5.71. The van der Waals surface area contributed by atoms with Crippen molar-refractivity contribution in [3.63, 3.8) is 0 Å². The molecule has 13 heavy (non-hydrogen) atoms. The lowest BCUT2D eigenvalue weighted by molar-refractivity contribution is 0.153. The van der Waals surface area contributed by atoms with Crippen LogP contribution in [0.3, 0.4) is 0 Å². The van der Waals surface area contributed by atoms with Gasteiger partial charge in [0.05, 0.1) is 0 Å². The summed E-state index contributed by atoms with van der Waals surface area (Å²) < 4.78 is 0. The molecule has 0 bridgehead atoms. The fourth-order valence-electron chi connectivity index (χ4n) is 2.40. The summed E-state index contributed by atoms with van der Waals surface area (Å²) >= 11 is 0. The summed E-state index contributed by atoms with van der Waals surface area (Å²) in [6.07, 6.45) is 2.31. The Balaban J connectivity index is 2.72. The molecule has 1 rings (SSSR count). The Hall–Kier alpha value is -0.0800. The van der Waals surface area contributed by atoms with Crippen molar-refractivity contribution in [2.45, 2.75) is 51.6 Å². The molecule has 0 aliphatic carbocycles. The molecule has 0 unspecified atom stereocenters. The highest BCUT2D eigenvalue weighted by Crippen LogP contribution is 2.34. The van der Waals surface area contributed by atoms with Gasteiger partial charge < -0.3 is 10.2 Å². The minimum atomic E-state index is 0.237. The van der Waals surface area contributed by atoms with Crippen molar-refractivity contribution in [2.75, 3.05) is 14.1 Å². The maximum absolute atomic E-state index is 3.67. The van der Waals surface area contributed by atoms with Crippen molar-refractivity contribution in [2.24, 2.45) is 0 Å². The van der Waals surface area contributed by atoms with Gasteiger partial charge in [-0.1, -0.05) is 0 Å². The molecule has 2 heteroatoms. The molecule has 0 spiro atoms. The molecule has 0 saturated carbocycles. The number of hydrogen-bond acceptors (Lipinski definition) is 2.